The molecular formula is C22H34N4O+2. The largest absolute Gasteiger partial charge is 0.338 e. The number of likely N-dealkylation sites (N-methyl/N-ethyl adjacent to an activating group) is 1. The number of piperazine rings is 1. The third kappa shape index (κ3) is 5.09. The minimum atomic E-state index is 0.0633. The quantitative estimate of drug-likeness (QED) is 0.768. The molecule has 1 saturated heterocycles. The molecule has 1 aromatic carbocycles. The van der Waals surface area contributed by atoms with Crippen molar-refractivity contribution >= 4 is 5.91 Å². The number of amides is 1. The van der Waals surface area contributed by atoms with Gasteiger partial charge < -0.3 is 14.7 Å². The third-order valence-corrected chi connectivity index (χ3v) is 6.59. The van der Waals surface area contributed by atoms with Crippen molar-refractivity contribution in [3.63, 3.8) is 0 Å². The van der Waals surface area contributed by atoms with Gasteiger partial charge in [-0.3, -0.25) is 4.79 Å². The number of quaternary nitrogens is 2. The fraction of sp³-hybridized carbons (Fsp3) is 0.636. The van der Waals surface area contributed by atoms with E-state index in [2.05, 4.69) is 25.1 Å². The first-order valence-corrected chi connectivity index (χ1v) is 10.5. The number of hydrogen-bond acceptors (Lipinski definition) is 2. The maximum atomic E-state index is 12.9. The number of nitrogens with one attached hydrogen (secondary N) is 2. The lowest BCUT2D eigenvalue weighted by Crippen LogP contribution is -3.29. The Labute approximate surface area is 163 Å². The van der Waals surface area contributed by atoms with E-state index in [1.807, 2.05) is 24.1 Å². The standard InChI is InChI=1S/C22H32N4O/c1-18(22(27)24(2)21-6-4-3-5-7-21)26-14-12-25(13-15-26)17-20-10-8-19(16-23)9-11-20/h8-11,18,21H,3-7,12-15,17H2,1-2H3/p+2/t18-/m1/s1. The van der Waals surface area contributed by atoms with Crippen molar-refractivity contribution in [3.8, 4) is 6.07 Å². The highest BCUT2D eigenvalue weighted by Crippen LogP contribution is 2.21. The zero-order chi connectivity index (χ0) is 19.2. The van der Waals surface area contributed by atoms with Gasteiger partial charge in [-0.15, -0.1) is 0 Å². The second kappa shape index (κ2) is 9.34. The summed E-state index contributed by atoms with van der Waals surface area (Å²) in [6.07, 6.45) is 6.20. The lowest BCUT2D eigenvalue weighted by atomic mass is 9.94. The molecule has 1 aromatic rings. The van der Waals surface area contributed by atoms with Crippen molar-refractivity contribution in [3.05, 3.63) is 35.4 Å². The molecule has 1 saturated carbocycles. The Morgan fingerprint density at radius 2 is 1.78 bits per heavy atom. The zero-order valence-electron chi connectivity index (χ0n) is 16.8. The number of nitrogens with zero attached hydrogens (tertiary/aromatic N) is 2. The van der Waals surface area contributed by atoms with Crippen molar-refractivity contribution in [2.45, 2.75) is 57.7 Å². The summed E-state index contributed by atoms with van der Waals surface area (Å²) in [6.45, 7) is 7.42. The third-order valence-electron chi connectivity index (χ3n) is 6.59. The summed E-state index contributed by atoms with van der Waals surface area (Å²) in [5.74, 6) is 0.326. The SMILES string of the molecule is C[C@H](C(=O)N(C)C1CCCCC1)[NH+]1CC[NH+](Cc2ccc(C#N)cc2)CC1. The van der Waals surface area contributed by atoms with E-state index in [1.165, 1.54) is 42.6 Å². The first-order chi connectivity index (χ1) is 13.1. The number of carbonyl (C=O) groups is 1. The van der Waals surface area contributed by atoms with Crippen molar-refractivity contribution in [1.82, 2.24) is 4.90 Å². The normalized spacial score (nSPS) is 24.8. The molecule has 0 spiro atoms. The molecule has 1 heterocycles. The minimum Gasteiger partial charge on any atom is -0.338 e. The molecule has 27 heavy (non-hydrogen) atoms. The van der Waals surface area contributed by atoms with Crippen molar-refractivity contribution in [2.24, 2.45) is 0 Å². The summed E-state index contributed by atoms with van der Waals surface area (Å²) >= 11 is 0. The molecule has 5 heteroatoms. The van der Waals surface area contributed by atoms with Gasteiger partial charge in [-0.25, -0.2) is 0 Å². The molecule has 0 aromatic heterocycles. The fourth-order valence-electron chi connectivity index (χ4n) is 4.65. The van der Waals surface area contributed by atoms with E-state index >= 15 is 0 Å². The van der Waals surface area contributed by atoms with Gasteiger partial charge in [0, 0.05) is 18.7 Å². The molecular weight excluding hydrogens is 336 g/mol. The molecule has 1 atom stereocenters. The van der Waals surface area contributed by atoms with Crippen LogP contribution in [0.2, 0.25) is 0 Å². The number of nitriles is 1. The molecule has 146 valence electrons. The van der Waals surface area contributed by atoms with Gasteiger partial charge in [0.15, 0.2) is 6.04 Å². The Morgan fingerprint density at radius 3 is 2.37 bits per heavy atom. The minimum absolute atomic E-state index is 0.0633. The van der Waals surface area contributed by atoms with Gasteiger partial charge in [-0.2, -0.15) is 5.26 Å². The smallest absolute Gasteiger partial charge is 0.280 e. The highest BCUT2D eigenvalue weighted by atomic mass is 16.2. The average Bonchev–Trinajstić information content (AvgIpc) is 2.74. The summed E-state index contributed by atoms with van der Waals surface area (Å²) in [4.78, 5) is 18.0. The van der Waals surface area contributed by atoms with Crippen molar-refractivity contribution < 1.29 is 14.6 Å². The van der Waals surface area contributed by atoms with Crippen LogP contribution in [0.4, 0.5) is 0 Å². The summed E-state index contributed by atoms with van der Waals surface area (Å²) in [6, 6.07) is 10.6. The number of rotatable bonds is 5. The van der Waals surface area contributed by atoms with Crippen LogP contribution in [0, 0.1) is 11.3 Å². The molecule has 2 aliphatic rings. The second-order valence-corrected chi connectivity index (χ2v) is 8.36. The Bertz CT molecular complexity index is 652. The van der Waals surface area contributed by atoms with Crippen LogP contribution in [0.5, 0.6) is 0 Å². The lowest BCUT2D eigenvalue weighted by molar-refractivity contribution is -1.02. The van der Waals surface area contributed by atoms with Crippen LogP contribution in [-0.4, -0.2) is 56.1 Å². The predicted molar refractivity (Wildman–Crippen MR) is 105 cm³/mol. The van der Waals surface area contributed by atoms with Crippen molar-refractivity contribution in [2.75, 3.05) is 33.2 Å². The monoisotopic (exact) mass is 370 g/mol. The first kappa shape index (κ1) is 19.9. The van der Waals surface area contributed by atoms with Gasteiger partial charge in [-0.05, 0) is 31.9 Å². The summed E-state index contributed by atoms with van der Waals surface area (Å²) in [5.41, 5.74) is 2.01. The second-order valence-electron chi connectivity index (χ2n) is 8.36. The van der Waals surface area contributed by atoms with E-state index in [9.17, 15) is 4.79 Å². The van der Waals surface area contributed by atoms with Crippen LogP contribution in [0.15, 0.2) is 24.3 Å². The van der Waals surface area contributed by atoms with E-state index in [-0.39, 0.29) is 6.04 Å². The Morgan fingerprint density at radius 1 is 1.15 bits per heavy atom. The first-order valence-electron chi connectivity index (χ1n) is 10.5. The summed E-state index contributed by atoms with van der Waals surface area (Å²) < 4.78 is 0. The molecule has 2 N–H and O–H groups in total. The van der Waals surface area contributed by atoms with E-state index in [0.717, 1.165) is 38.3 Å². The number of carbonyl (C=O) groups excluding carboxylic acids is 1. The van der Waals surface area contributed by atoms with E-state index < -0.39 is 0 Å². The predicted octanol–water partition coefficient (Wildman–Crippen LogP) is 0.0213. The van der Waals surface area contributed by atoms with Crippen LogP contribution < -0.4 is 9.80 Å². The van der Waals surface area contributed by atoms with Crippen LogP contribution in [-0.2, 0) is 11.3 Å². The lowest BCUT2D eigenvalue weighted by Gasteiger charge is -2.37. The van der Waals surface area contributed by atoms with Gasteiger partial charge in [0.25, 0.3) is 5.91 Å². The number of hydrogen-bond donors (Lipinski definition) is 2. The molecule has 5 nitrogen and oxygen atoms in total. The number of benzene rings is 1. The van der Waals surface area contributed by atoms with E-state index in [0.29, 0.717) is 11.9 Å². The van der Waals surface area contributed by atoms with Crippen LogP contribution >= 0.6 is 0 Å². The molecule has 0 unspecified atom stereocenters. The molecule has 1 amide bonds. The van der Waals surface area contributed by atoms with Crippen LogP contribution in [0.3, 0.4) is 0 Å². The Balaban J connectivity index is 1.47. The Kier molecular flexibility index (Phi) is 6.87. The van der Waals surface area contributed by atoms with E-state index in [1.54, 1.807) is 4.90 Å². The topological polar surface area (TPSA) is 53.0 Å². The van der Waals surface area contributed by atoms with Crippen LogP contribution in [0.25, 0.3) is 0 Å². The summed E-state index contributed by atoms with van der Waals surface area (Å²) in [5, 5.41) is 8.91. The molecule has 1 aliphatic carbocycles. The maximum absolute atomic E-state index is 12.9. The molecule has 1 aliphatic heterocycles. The van der Waals surface area contributed by atoms with E-state index in [4.69, 9.17) is 5.26 Å². The fourth-order valence-corrected chi connectivity index (χ4v) is 4.65. The highest BCUT2D eigenvalue weighted by Gasteiger charge is 2.34. The highest BCUT2D eigenvalue weighted by molar-refractivity contribution is 5.80. The summed E-state index contributed by atoms with van der Waals surface area (Å²) in [7, 11) is 2.01. The average molecular weight is 371 g/mol. The van der Waals surface area contributed by atoms with Gasteiger partial charge in [0.2, 0.25) is 0 Å². The van der Waals surface area contributed by atoms with Crippen molar-refractivity contribution in [1.29, 1.82) is 5.26 Å². The molecule has 2 fully saturated rings. The maximum Gasteiger partial charge on any atom is 0.280 e. The molecule has 3 rings (SSSR count). The molecule has 0 radical (unpaired) electrons. The van der Waals surface area contributed by atoms with Gasteiger partial charge in [0.1, 0.15) is 32.7 Å². The van der Waals surface area contributed by atoms with Crippen LogP contribution in [0.1, 0.15) is 50.2 Å². The van der Waals surface area contributed by atoms with Gasteiger partial charge in [0.05, 0.1) is 11.6 Å². The zero-order valence-corrected chi connectivity index (χ0v) is 16.8. The van der Waals surface area contributed by atoms with Gasteiger partial charge >= 0.3 is 0 Å². The molecule has 0 bridgehead atoms. The van der Waals surface area contributed by atoms with Gasteiger partial charge in [-0.1, -0.05) is 31.4 Å². The Hall–Kier alpha value is -1.90.